The third-order valence-corrected chi connectivity index (χ3v) is 12.5. The van der Waals surface area contributed by atoms with Gasteiger partial charge in [-0.3, -0.25) is 0 Å². The fourth-order valence-corrected chi connectivity index (χ4v) is 11.0. The van der Waals surface area contributed by atoms with Gasteiger partial charge in [-0.1, -0.05) is 175 Å². The van der Waals surface area contributed by atoms with Crippen LogP contribution in [0.1, 0.15) is 112 Å². The molecular formula is C46H56Si. The Balaban J connectivity index is 1.29. The highest BCUT2D eigenvalue weighted by molar-refractivity contribution is 6.36. The van der Waals surface area contributed by atoms with Gasteiger partial charge >= 0.3 is 0 Å². The number of aryl methyl sites for hydroxylation is 2. The van der Waals surface area contributed by atoms with Gasteiger partial charge < -0.3 is 0 Å². The minimum absolute atomic E-state index is 0.322. The van der Waals surface area contributed by atoms with Gasteiger partial charge in [0.15, 0.2) is 0 Å². The van der Waals surface area contributed by atoms with Gasteiger partial charge in [0.2, 0.25) is 0 Å². The van der Waals surface area contributed by atoms with Crippen LogP contribution in [0.25, 0.3) is 34.4 Å². The lowest BCUT2D eigenvalue weighted by molar-refractivity contribution is 0.616. The van der Waals surface area contributed by atoms with Crippen LogP contribution in [0.15, 0.2) is 96.1 Å². The molecule has 2 unspecified atom stereocenters. The summed E-state index contributed by atoms with van der Waals surface area (Å²) >= 11 is 0. The van der Waals surface area contributed by atoms with Gasteiger partial charge in [0.1, 0.15) is 0 Å². The van der Waals surface area contributed by atoms with Gasteiger partial charge in [0.05, 0.1) is 0 Å². The fraction of sp³-hybridized carbons (Fsp3) is 0.391. The maximum absolute atomic E-state index is 2.61. The molecule has 1 heteroatoms. The van der Waals surface area contributed by atoms with E-state index in [2.05, 4.69) is 139 Å². The van der Waals surface area contributed by atoms with Crippen LogP contribution in [0, 0.1) is 11.8 Å². The lowest BCUT2D eigenvalue weighted by atomic mass is 9.89. The van der Waals surface area contributed by atoms with Crippen molar-refractivity contribution in [2.75, 3.05) is 0 Å². The summed E-state index contributed by atoms with van der Waals surface area (Å²) in [7, 11) is -0.322. The Morgan fingerprint density at radius 1 is 0.511 bits per heavy atom. The predicted octanol–water partition coefficient (Wildman–Crippen LogP) is 12.7. The number of rotatable bonds is 14. The van der Waals surface area contributed by atoms with Gasteiger partial charge in [-0.15, -0.1) is 0 Å². The molecule has 0 nitrogen and oxygen atoms in total. The smallest absolute Gasteiger partial charge is 0.0218 e. The molecule has 4 aromatic carbocycles. The molecule has 0 amide bonds. The summed E-state index contributed by atoms with van der Waals surface area (Å²) in [5, 5.41) is 0. The summed E-state index contributed by atoms with van der Waals surface area (Å²) in [6.45, 7) is 14.2. The molecule has 0 fully saturated rings. The largest absolute Gasteiger partial charge is 0.0651 e. The van der Waals surface area contributed by atoms with Crippen LogP contribution < -0.4 is 0 Å². The van der Waals surface area contributed by atoms with Crippen molar-refractivity contribution in [1.29, 1.82) is 0 Å². The molecule has 0 saturated carbocycles. The zero-order valence-electron chi connectivity index (χ0n) is 29.9. The Bertz CT molecular complexity index is 1620. The summed E-state index contributed by atoms with van der Waals surface area (Å²) in [5.74, 6) is 2.52. The van der Waals surface area contributed by atoms with E-state index in [1.165, 1.54) is 82.3 Å². The van der Waals surface area contributed by atoms with Crippen LogP contribution in [0.5, 0.6) is 0 Å². The minimum Gasteiger partial charge on any atom is -0.0651 e. The molecule has 0 spiro atoms. The van der Waals surface area contributed by atoms with Crippen LogP contribution in [0.4, 0.5) is 0 Å². The highest BCUT2D eigenvalue weighted by Crippen LogP contribution is 2.48. The molecule has 0 aliphatic heterocycles. The van der Waals surface area contributed by atoms with Gasteiger partial charge in [0.25, 0.3) is 0 Å². The lowest BCUT2D eigenvalue weighted by Gasteiger charge is -2.22. The molecule has 0 heterocycles. The summed E-state index contributed by atoms with van der Waals surface area (Å²) in [4.78, 5) is 0. The third-order valence-electron chi connectivity index (χ3n) is 10.5. The molecule has 0 saturated heterocycles. The van der Waals surface area contributed by atoms with Crippen molar-refractivity contribution in [3.63, 3.8) is 0 Å². The van der Waals surface area contributed by atoms with E-state index in [1.807, 2.05) is 0 Å². The summed E-state index contributed by atoms with van der Waals surface area (Å²) in [6, 6.07) is 35.3. The number of fused-ring (bicyclic) bond motifs is 2. The molecular weight excluding hydrogens is 581 g/mol. The molecule has 0 aromatic heterocycles. The van der Waals surface area contributed by atoms with E-state index in [0.29, 0.717) is 23.7 Å². The first kappa shape index (κ1) is 33.5. The van der Waals surface area contributed by atoms with Gasteiger partial charge in [-0.05, 0) is 93.2 Å². The average Bonchev–Trinajstić information content (AvgIpc) is 3.58. The van der Waals surface area contributed by atoms with E-state index in [0.717, 1.165) is 12.8 Å². The first-order chi connectivity index (χ1) is 22.9. The maximum atomic E-state index is 2.61. The number of benzene rings is 4. The number of hydrogen-bond donors (Lipinski definition) is 0. The van der Waals surface area contributed by atoms with Crippen molar-refractivity contribution < 1.29 is 0 Å². The van der Waals surface area contributed by atoms with Crippen molar-refractivity contribution in [1.82, 2.24) is 0 Å². The quantitative estimate of drug-likeness (QED) is 0.121. The van der Waals surface area contributed by atoms with Crippen LogP contribution in [0.2, 0.25) is 12.1 Å². The molecule has 2 atom stereocenters. The Morgan fingerprint density at radius 2 is 0.915 bits per heavy atom. The van der Waals surface area contributed by atoms with E-state index in [1.54, 1.807) is 22.3 Å². The first-order valence-electron chi connectivity index (χ1n) is 18.7. The van der Waals surface area contributed by atoms with Crippen LogP contribution in [-0.4, -0.2) is 9.52 Å². The molecule has 0 bridgehead atoms. The standard InChI is InChI=1S/C46H56Si/c1-7-15-33-17-9-11-19-37(33)39-21-13-23-41-43(39)27-35(25-31(3)4)45(41)29-47-30-46-36(26-32(5)6)28-44-40(22-14-24-42(44)46)38-20-12-10-18-34(38)16-8-2/h9-14,17-24,27-28,31-32,45-46H,7-8,15-16,25-26,29-30,47H2,1-6H3. The average molecular weight is 637 g/mol. The van der Waals surface area contributed by atoms with Crippen molar-refractivity contribution >= 4 is 21.7 Å². The molecule has 2 aliphatic rings. The molecule has 244 valence electrons. The van der Waals surface area contributed by atoms with Gasteiger partial charge in [0, 0.05) is 21.4 Å². The van der Waals surface area contributed by atoms with Crippen LogP contribution in [0.3, 0.4) is 0 Å². The summed E-state index contributed by atoms with van der Waals surface area (Å²) < 4.78 is 0. The second kappa shape index (κ2) is 15.2. The fourth-order valence-electron chi connectivity index (χ4n) is 8.63. The zero-order chi connectivity index (χ0) is 32.9. The summed E-state index contributed by atoms with van der Waals surface area (Å²) in [5.41, 5.74) is 18.3. The number of allylic oxidation sites excluding steroid dienone is 2. The van der Waals surface area contributed by atoms with Crippen LogP contribution >= 0.6 is 0 Å². The highest BCUT2D eigenvalue weighted by Gasteiger charge is 2.31. The first-order valence-corrected chi connectivity index (χ1v) is 20.7. The van der Waals surface area contributed by atoms with Crippen molar-refractivity contribution in [2.24, 2.45) is 11.8 Å². The second-order valence-corrected chi connectivity index (χ2v) is 17.0. The Hall–Kier alpha value is -3.42. The molecule has 6 rings (SSSR count). The van der Waals surface area contributed by atoms with E-state index in [4.69, 9.17) is 0 Å². The van der Waals surface area contributed by atoms with Crippen molar-refractivity contribution in [3.05, 3.63) is 129 Å². The predicted molar refractivity (Wildman–Crippen MR) is 210 cm³/mol. The molecule has 2 aliphatic carbocycles. The molecule has 0 radical (unpaired) electrons. The Morgan fingerprint density at radius 3 is 1.32 bits per heavy atom. The van der Waals surface area contributed by atoms with E-state index in [9.17, 15) is 0 Å². The SMILES string of the molecule is CCCc1ccccc1-c1cccc2c1C=C(CC(C)C)C2C[SiH2]CC1C(CC(C)C)=Cc2c(-c3ccccc3CCC)cccc21. The minimum atomic E-state index is -0.322. The maximum Gasteiger partial charge on any atom is 0.0218 e. The van der Waals surface area contributed by atoms with E-state index < -0.39 is 0 Å². The lowest BCUT2D eigenvalue weighted by Crippen LogP contribution is -2.10. The van der Waals surface area contributed by atoms with E-state index in [-0.39, 0.29) is 9.52 Å². The molecule has 0 N–H and O–H groups in total. The van der Waals surface area contributed by atoms with Crippen LogP contribution in [-0.2, 0) is 12.8 Å². The monoisotopic (exact) mass is 636 g/mol. The normalized spacial score (nSPS) is 17.1. The molecule has 47 heavy (non-hydrogen) atoms. The highest BCUT2D eigenvalue weighted by atomic mass is 28.2. The zero-order valence-corrected chi connectivity index (χ0v) is 31.3. The topological polar surface area (TPSA) is 0 Å². The van der Waals surface area contributed by atoms with Gasteiger partial charge in [-0.25, -0.2) is 0 Å². The van der Waals surface area contributed by atoms with Crippen molar-refractivity contribution in [2.45, 2.75) is 104 Å². The summed E-state index contributed by atoms with van der Waals surface area (Å²) in [6.07, 6.45) is 12.3. The second-order valence-electron chi connectivity index (χ2n) is 15.1. The number of hydrogen-bond acceptors (Lipinski definition) is 0. The van der Waals surface area contributed by atoms with E-state index >= 15 is 0 Å². The van der Waals surface area contributed by atoms with Crippen molar-refractivity contribution in [3.8, 4) is 22.3 Å². The van der Waals surface area contributed by atoms with Gasteiger partial charge in [-0.2, -0.15) is 0 Å². The Labute approximate surface area is 288 Å². The Kier molecular flexibility index (Phi) is 10.8. The molecule has 4 aromatic rings. The third kappa shape index (κ3) is 7.21.